The Kier molecular flexibility index (Phi) is 4.78. The molecule has 0 atom stereocenters. The number of nitrogens with zero attached hydrogens (tertiary/aromatic N) is 3. The van der Waals surface area contributed by atoms with Crippen molar-refractivity contribution in [1.82, 2.24) is 20.1 Å². The molecule has 7 heteroatoms. The van der Waals surface area contributed by atoms with E-state index in [2.05, 4.69) is 15.2 Å². The topological polar surface area (TPSA) is 61.9 Å². The van der Waals surface area contributed by atoms with Gasteiger partial charge in [-0.15, -0.1) is 16.4 Å². The van der Waals surface area contributed by atoms with Gasteiger partial charge in [0.1, 0.15) is 0 Å². The summed E-state index contributed by atoms with van der Waals surface area (Å²) in [7, 11) is 3.51. The van der Waals surface area contributed by atoms with Gasteiger partial charge in [0.25, 0.3) is 5.91 Å². The molecule has 2 heterocycles. The van der Waals surface area contributed by atoms with Crippen molar-refractivity contribution in [3.63, 3.8) is 0 Å². The number of aromatic nitrogens is 3. The Morgan fingerprint density at radius 3 is 2.91 bits per heavy atom. The zero-order valence-electron chi connectivity index (χ0n) is 12.8. The fraction of sp³-hybridized carbons (Fsp3) is 0.188. The quantitative estimate of drug-likeness (QED) is 0.719. The highest BCUT2D eigenvalue weighted by Gasteiger charge is 2.10. The molecule has 0 aliphatic heterocycles. The standard InChI is InChI=1S/C16H16N4OS2/c1-20(2)15(21)12-6-3-5-11(9-12)10-23-16-17-14(18-19-16)13-7-4-8-22-13/h3-9H,10H2,1-2H3,(H,17,18,19). The molecule has 2 aromatic heterocycles. The summed E-state index contributed by atoms with van der Waals surface area (Å²) in [5, 5.41) is 9.91. The van der Waals surface area contributed by atoms with Crippen LogP contribution in [0.15, 0.2) is 46.9 Å². The number of aromatic amines is 1. The van der Waals surface area contributed by atoms with E-state index in [9.17, 15) is 4.79 Å². The molecule has 0 spiro atoms. The number of hydrogen-bond donors (Lipinski definition) is 1. The maximum absolute atomic E-state index is 12.0. The molecule has 1 aromatic carbocycles. The second-order valence-electron chi connectivity index (χ2n) is 5.13. The van der Waals surface area contributed by atoms with E-state index in [1.165, 1.54) is 0 Å². The Balaban J connectivity index is 1.67. The molecule has 3 aromatic rings. The second kappa shape index (κ2) is 6.97. The van der Waals surface area contributed by atoms with Crippen molar-refractivity contribution < 1.29 is 4.79 Å². The van der Waals surface area contributed by atoms with Crippen LogP contribution in [0.4, 0.5) is 0 Å². The lowest BCUT2D eigenvalue weighted by molar-refractivity contribution is 0.0827. The molecule has 0 fully saturated rings. The summed E-state index contributed by atoms with van der Waals surface area (Å²) < 4.78 is 0. The fourth-order valence-corrected chi connectivity index (χ4v) is 3.44. The van der Waals surface area contributed by atoms with Crippen molar-refractivity contribution in [3.8, 4) is 10.7 Å². The molecule has 23 heavy (non-hydrogen) atoms. The number of thioether (sulfide) groups is 1. The molecule has 118 valence electrons. The van der Waals surface area contributed by atoms with Crippen LogP contribution < -0.4 is 0 Å². The Labute approximate surface area is 142 Å². The lowest BCUT2D eigenvalue weighted by Crippen LogP contribution is -2.21. The third-order valence-corrected chi connectivity index (χ3v) is 4.96. The van der Waals surface area contributed by atoms with Gasteiger partial charge < -0.3 is 4.90 Å². The van der Waals surface area contributed by atoms with E-state index >= 15 is 0 Å². The maximum Gasteiger partial charge on any atom is 0.253 e. The molecule has 0 bridgehead atoms. The molecule has 0 saturated heterocycles. The molecule has 0 unspecified atom stereocenters. The van der Waals surface area contributed by atoms with E-state index in [0.29, 0.717) is 10.7 Å². The number of H-pyrrole nitrogens is 1. The molecular weight excluding hydrogens is 328 g/mol. The van der Waals surface area contributed by atoms with Gasteiger partial charge in [-0.25, -0.2) is 4.98 Å². The summed E-state index contributed by atoms with van der Waals surface area (Å²) in [5.41, 5.74) is 1.77. The summed E-state index contributed by atoms with van der Waals surface area (Å²) in [6, 6.07) is 11.7. The largest absolute Gasteiger partial charge is 0.345 e. The number of carbonyl (C=O) groups is 1. The first-order valence-corrected chi connectivity index (χ1v) is 8.89. The average Bonchev–Trinajstić information content (AvgIpc) is 3.23. The third-order valence-electron chi connectivity index (χ3n) is 3.17. The molecule has 3 rings (SSSR count). The monoisotopic (exact) mass is 344 g/mol. The number of nitrogens with one attached hydrogen (secondary N) is 1. The van der Waals surface area contributed by atoms with Crippen LogP contribution in [0.5, 0.6) is 0 Å². The molecule has 0 radical (unpaired) electrons. The minimum atomic E-state index is 0.00901. The van der Waals surface area contributed by atoms with Gasteiger partial charge in [0.15, 0.2) is 5.82 Å². The van der Waals surface area contributed by atoms with Crippen molar-refractivity contribution in [2.24, 2.45) is 0 Å². The van der Waals surface area contributed by atoms with E-state index in [1.54, 1.807) is 42.1 Å². The molecule has 0 aliphatic carbocycles. The second-order valence-corrected chi connectivity index (χ2v) is 7.02. The van der Waals surface area contributed by atoms with Crippen molar-refractivity contribution in [2.75, 3.05) is 14.1 Å². The SMILES string of the molecule is CN(C)C(=O)c1cccc(CSc2n[nH]c(-c3cccs3)n2)c1. The smallest absolute Gasteiger partial charge is 0.253 e. The number of thiophene rings is 1. The number of amides is 1. The first kappa shape index (κ1) is 15.8. The lowest BCUT2D eigenvalue weighted by atomic mass is 10.1. The molecule has 0 saturated carbocycles. The zero-order valence-corrected chi connectivity index (χ0v) is 14.4. The van der Waals surface area contributed by atoms with Crippen LogP contribution >= 0.6 is 23.1 Å². The molecule has 0 aliphatic rings. The van der Waals surface area contributed by atoms with E-state index in [1.807, 2.05) is 41.8 Å². The van der Waals surface area contributed by atoms with Crippen LogP contribution in [0, 0.1) is 0 Å². The van der Waals surface area contributed by atoms with Gasteiger partial charge in [-0.05, 0) is 29.1 Å². The highest BCUT2D eigenvalue weighted by Crippen LogP contribution is 2.25. The number of carbonyl (C=O) groups excluding carboxylic acids is 1. The van der Waals surface area contributed by atoms with Gasteiger partial charge in [0.05, 0.1) is 4.88 Å². The van der Waals surface area contributed by atoms with Gasteiger partial charge in [-0.2, -0.15) is 0 Å². The average molecular weight is 344 g/mol. The van der Waals surface area contributed by atoms with Crippen LogP contribution in [-0.4, -0.2) is 40.1 Å². The van der Waals surface area contributed by atoms with Crippen molar-refractivity contribution in [3.05, 3.63) is 52.9 Å². The van der Waals surface area contributed by atoms with Crippen molar-refractivity contribution in [1.29, 1.82) is 0 Å². The number of rotatable bonds is 5. The molecule has 1 N–H and O–H groups in total. The predicted molar refractivity (Wildman–Crippen MR) is 93.7 cm³/mol. The summed E-state index contributed by atoms with van der Waals surface area (Å²) in [6.45, 7) is 0. The highest BCUT2D eigenvalue weighted by atomic mass is 32.2. The van der Waals surface area contributed by atoms with Crippen LogP contribution in [-0.2, 0) is 5.75 Å². The van der Waals surface area contributed by atoms with Gasteiger partial charge in [-0.1, -0.05) is 30.0 Å². The van der Waals surface area contributed by atoms with E-state index in [-0.39, 0.29) is 5.91 Å². The number of hydrogen-bond acceptors (Lipinski definition) is 5. The lowest BCUT2D eigenvalue weighted by Gasteiger charge is -2.10. The minimum Gasteiger partial charge on any atom is -0.345 e. The molecule has 5 nitrogen and oxygen atoms in total. The van der Waals surface area contributed by atoms with Crippen LogP contribution in [0.25, 0.3) is 10.7 Å². The van der Waals surface area contributed by atoms with E-state index < -0.39 is 0 Å². The van der Waals surface area contributed by atoms with Crippen molar-refractivity contribution >= 4 is 29.0 Å². The van der Waals surface area contributed by atoms with E-state index in [4.69, 9.17) is 0 Å². The van der Waals surface area contributed by atoms with Crippen LogP contribution in [0.1, 0.15) is 15.9 Å². The molecular formula is C16H16N4OS2. The summed E-state index contributed by atoms with van der Waals surface area (Å²) in [5.74, 6) is 1.52. The van der Waals surface area contributed by atoms with Gasteiger partial charge in [0.2, 0.25) is 5.16 Å². The summed E-state index contributed by atoms with van der Waals surface area (Å²) in [4.78, 5) is 19.1. The first-order valence-electron chi connectivity index (χ1n) is 7.03. The third kappa shape index (κ3) is 3.80. The minimum absolute atomic E-state index is 0.00901. The summed E-state index contributed by atoms with van der Waals surface area (Å²) in [6.07, 6.45) is 0. The Morgan fingerprint density at radius 1 is 1.30 bits per heavy atom. The van der Waals surface area contributed by atoms with Gasteiger partial charge in [0, 0.05) is 25.4 Å². The maximum atomic E-state index is 12.0. The van der Waals surface area contributed by atoms with Crippen LogP contribution in [0.2, 0.25) is 0 Å². The number of benzene rings is 1. The Morgan fingerprint density at radius 2 is 2.17 bits per heavy atom. The predicted octanol–water partition coefficient (Wildman–Crippen LogP) is 3.53. The zero-order chi connectivity index (χ0) is 16.2. The fourth-order valence-electron chi connectivity index (χ4n) is 2.03. The normalized spacial score (nSPS) is 10.7. The summed E-state index contributed by atoms with van der Waals surface area (Å²) >= 11 is 3.17. The Bertz CT molecular complexity index is 796. The highest BCUT2D eigenvalue weighted by molar-refractivity contribution is 7.98. The Hall–Kier alpha value is -2.12. The first-order chi connectivity index (χ1) is 11.1. The van der Waals surface area contributed by atoms with Crippen LogP contribution in [0.3, 0.4) is 0 Å². The van der Waals surface area contributed by atoms with Gasteiger partial charge in [-0.3, -0.25) is 9.89 Å². The van der Waals surface area contributed by atoms with Crippen molar-refractivity contribution in [2.45, 2.75) is 10.9 Å². The van der Waals surface area contributed by atoms with E-state index in [0.717, 1.165) is 22.0 Å². The van der Waals surface area contributed by atoms with Gasteiger partial charge >= 0.3 is 0 Å². The molecule has 1 amide bonds.